The van der Waals surface area contributed by atoms with Gasteiger partial charge in [0.25, 0.3) is 0 Å². The van der Waals surface area contributed by atoms with E-state index in [9.17, 15) is 0 Å². The zero-order chi connectivity index (χ0) is 9.85. The van der Waals surface area contributed by atoms with E-state index in [1.165, 1.54) is 6.42 Å². The van der Waals surface area contributed by atoms with E-state index in [0.717, 1.165) is 12.1 Å². The molecule has 2 aliphatic carbocycles. The second-order valence-corrected chi connectivity index (χ2v) is 5.15. The summed E-state index contributed by atoms with van der Waals surface area (Å²) >= 11 is 0. The van der Waals surface area contributed by atoms with Gasteiger partial charge in [-0.2, -0.15) is 0 Å². The van der Waals surface area contributed by atoms with Gasteiger partial charge in [0.05, 0.1) is 11.3 Å². The quantitative estimate of drug-likeness (QED) is 0.478. The molecule has 0 heterocycles. The van der Waals surface area contributed by atoms with Crippen LogP contribution in [0.1, 0.15) is 33.6 Å². The molecule has 3 heteroatoms. The molecule has 0 amide bonds. The molecule has 0 aromatic heterocycles. The minimum Gasteiger partial charge on any atom is -0.411 e. The molecule has 0 bridgehead atoms. The third-order valence-electron chi connectivity index (χ3n) is 4.23. The molecule has 3 N–H and O–H groups in total. The molecule has 2 saturated carbocycles. The van der Waals surface area contributed by atoms with Crippen LogP contribution < -0.4 is 5.73 Å². The van der Waals surface area contributed by atoms with Crippen LogP contribution in [0.15, 0.2) is 5.16 Å². The van der Waals surface area contributed by atoms with Gasteiger partial charge < -0.3 is 10.9 Å². The predicted octanol–water partition coefficient (Wildman–Crippen LogP) is 1.60. The Labute approximate surface area is 79.0 Å². The second-order valence-electron chi connectivity index (χ2n) is 5.15. The molecule has 0 radical (unpaired) electrons. The van der Waals surface area contributed by atoms with Crippen molar-refractivity contribution in [3.8, 4) is 0 Å². The summed E-state index contributed by atoms with van der Waals surface area (Å²) in [5.41, 5.74) is 6.93. The molecule has 0 aromatic carbocycles. The molecular formula is C10H18N2O. The molecule has 2 aliphatic rings. The van der Waals surface area contributed by atoms with Crippen molar-refractivity contribution < 1.29 is 5.21 Å². The molecule has 3 atom stereocenters. The second kappa shape index (κ2) is 2.27. The summed E-state index contributed by atoms with van der Waals surface area (Å²) < 4.78 is 0. The first-order chi connectivity index (χ1) is 5.95. The monoisotopic (exact) mass is 182 g/mol. The number of hydrogen-bond donors (Lipinski definition) is 2. The van der Waals surface area contributed by atoms with Crippen molar-refractivity contribution in [2.75, 3.05) is 0 Å². The Morgan fingerprint density at radius 2 is 2.23 bits per heavy atom. The van der Waals surface area contributed by atoms with Crippen molar-refractivity contribution in [2.45, 2.75) is 39.2 Å². The summed E-state index contributed by atoms with van der Waals surface area (Å²) in [6.07, 6.45) is 2.09. The lowest BCUT2D eigenvalue weighted by Crippen LogP contribution is -2.44. The average molecular weight is 182 g/mol. The zero-order valence-electron chi connectivity index (χ0n) is 8.54. The van der Waals surface area contributed by atoms with Crippen molar-refractivity contribution in [1.29, 1.82) is 0 Å². The highest BCUT2D eigenvalue weighted by Crippen LogP contribution is 2.69. The molecule has 74 valence electrons. The Morgan fingerprint density at radius 1 is 1.62 bits per heavy atom. The largest absolute Gasteiger partial charge is 0.411 e. The number of rotatable bonds is 1. The lowest BCUT2D eigenvalue weighted by Gasteiger charge is -2.19. The van der Waals surface area contributed by atoms with Crippen molar-refractivity contribution in [1.82, 2.24) is 0 Å². The highest BCUT2D eigenvalue weighted by molar-refractivity contribution is 5.97. The van der Waals surface area contributed by atoms with E-state index >= 15 is 0 Å². The molecule has 2 rings (SSSR count). The Hall–Kier alpha value is -0.570. The van der Waals surface area contributed by atoms with Crippen molar-refractivity contribution in [2.24, 2.45) is 28.1 Å². The first-order valence-corrected chi connectivity index (χ1v) is 4.95. The Morgan fingerprint density at radius 3 is 2.54 bits per heavy atom. The standard InChI is InChI=1S/C10H18N2O/c1-6(2)10-4-7(10)9(3,11)8(5-10)12-13/h6-7,13H,4-5,11H2,1-3H3/b12-8+. The number of oxime groups is 1. The van der Waals surface area contributed by atoms with Crippen LogP contribution >= 0.6 is 0 Å². The van der Waals surface area contributed by atoms with Gasteiger partial charge in [-0.3, -0.25) is 0 Å². The van der Waals surface area contributed by atoms with E-state index in [1.54, 1.807) is 0 Å². The summed E-state index contributed by atoms with van der Waals surface area (Å²) in [7, 11) is 0. The summed E-state index contributed by atoms with van der Waals surface area (Å²) in [5, 5.41) is 12.2. The minimum atomic E-state index is -0.362. The van der Waals surface area contributed by atoms with Crippen LogP contribution in [0.3, 0.4) is 0 Å². The van der Waals surface area contributed by atoms with Crippen LogP contribution in [-0.4, -0.2) is 16.5 Å². The van der Waals surface area contributed by atoms with Gasteiger partial charge >= 0.3 is 0 Å². The van der Waals surface area contributed by atoms with E-state index in [2.05, 4.69) is 19.0 Å². The van der Waals surface area contributed by atoms with Gasteiger partial charge in [0.2, 0.25) is 0 Å². The van der Waals surface area contributed by atoms with E-state index < -0.39 is 0 Å². The fraction of sp³-hybridized carbons (Fsp3) is 0.900. The van der Waals surface area contributed by atoms with Gasteiger partial charge in [0.15, 0.2) is 0 Å². The van der Waals surface area contributed by atoms with Crippen LogP contribution in [0, 0.1) is 17.3 Å². The van der Waals surface area contributed by atoms with Gasteiger partial charge in [-0.25, -0.2) is 0 Å². The van der Waals surface area contributed by atoms with Crippen molar-refractivity contribution in [3.05, 3.63) is 0 Å². The lowest BCUT2D eigenvalue weighted by atomic mass is 9.90. The van der Waals surface area contributed by atoms with Crippen LogP contribution in [0.4, 0.5) is 0 Å². The van der Waals surface area contributed by atoms with Gasteiger partial charge in [-0.1, -0.05) is 19.0 Å². The van der Waals surface area contributed by atoms with Crippen molar-refractivity contribution >= 4 is 5.71 Å². The molecule has 13 heavy (non-hydrogen) atoms. The van der Waals surface area contributed by atoms with E-state index in [-0.39, 0.29) is 5.54 Å². The molecule has 0 aliphatic heterocycles. The first kappa shape index (κ1) is 9.00. The first-order valence-electron chi connectivity index (χ1n) is 4.95. The number of nitrogens with two attached hydrogens (primary N) is 1. The van der Waals surface area contributed by atoms with E-state index in [0.29, 0.717) is 17.3 Å². The SMILES string of the molecule is CC(C)C12C/C(=N\O)C(C)(N)C1C2. The fourth-order valence-electron chi connectivity index (χ4n) is 3.01. The predicted molar refractivity (Wildman–Crippen MR) is 51.8 cm³/mol. The summed E-state index contributed by atoms with van der Waals surface area (Å²) in [6.45, 7) is 6.45. The summed E-state index contributed by atoms with van der Waals surface area (Å²) in [4.78, 5) is 0. The highest BCUT2D eigenvalue weighted by Gasteiger charge is 2.69. The average Bonchev–Trinajstić information content (AvgIpc) is 2.71. The molecule has 0 aromatic rings. The van der Waals surface area contributed by atoms with Gasteiger partial charge in [0.1, 0.15) is 0 Å². The number of nitrogens with zero attached hydrogens (tertiary/aromatic N) is 1. The number of hydrogen-bond acceptors (Lipinski definition) is 3. The van der Waals surface area contributed by atoms with Crippen LogP contribution in [0.2, 0.25) is 0 Å². The van der Waals surface area contributed by atoms with Crippen LogP contribution in [0.25, 0.3) is 0 Å². The van der Waals surface area contributed by atoms with Crippen LogP contribution in [-0.2, 0) is 0 Å². The Bertz CT molecular complexity index is 270. The topological polar surface area (TPSA) is 58.6 Å². The third-order valence-corrected chi connectivity index (χ3v) is 4.23. The smallest absolute Gasteiger partial charge is 0.0774 e. The maximum absolute atomic E-state index is 8.84. The maximum atomic E-state index is 8.84. The minimum absolute atomic E-state index is 0.352. The van der Waals surface area contributed by atoms with Crippen LogP contribution in [0.5, 0.6) is 0 Å². The molecule has 0 saturated heterocycles. The van der Waals surface area contributed by atoms with Gasteiger partial charge in [0, 0.05) is 0 Å². The fourth-order valence-corrected chi connectivity index (χ4v) is 3.01. The highest BCUT2D eigenvalue weighted by atomic mass is 16.4. The Balaban J connectivity index is 2.30. The Kier molecular flexibility index (Phi) is 1.57. The molecule has 3 nitrogen and oxygen atoms in total. The molecule has 0 spiro atoms. The van der Waals surface area contributed by atoms with Gasteiger partial charge in [-0.15, -0.1) is 0 Å². The third kappa shape index (κ3) is 0.909. The molecule has 2 fully saturated rings. The normalized spacial score (nSPS) is 51.5. The van der Waals surface area contributed by atoms with E-state index in [1.807, 2.05) is 6.92 Å². The lowest BCUT2D eigenvalue weighted by molar-refractivity contribution is 0.311. The van der Waals surface area contributed by atoms with E-state index in [4.69, 9.17) is 10.9 Å². The van der Waals surface area contributed by atoms with Crippen molar-refractivity contribution in [3.63, 3.8) is 0 Å². The summed E-state index contributed by atoms with van der Waals surface area (Å²) in [6, 6.07) is 0. The summed E-state index contributed by atoms with van der Waals surface area (Å²) in [5.74, 6) is 1.17. The van der Waals surface area contributed by atoms with Gasteiger partial charge in [-0.05, 0) is 37.0 Å². The number of fused-ring (bicyclic) bond motifs is 1. The zero-order valence-corrected chi connectivity index (χ0v) is 8.54. The molecule has 3 unspecified atom stereocenters. The maximum Gasteiger partial charge on any atom is 0.0774 e. The molecular weight excluding hydrogens is 164 g/mol.